The molecule has 1 aliphatic heterocycles. The molecule has 1 unspecified atom stereocenters. The number of rotatable bonds is 3. The third-order valence-electron chi connectivity index (χ3n) is 2.72. The van der Waals surface area contributed by atoms with E-state index < -0.39 is 0 Å². The third-order valence-corrected chi connectivity index (χ3v) is 2.93. The highest BCUT2D eigenvalue weighted by atomic mass is 35.5. The second kappa shape index (κ2) is 4.89. The smallest absolute Gasteiger partial charge is 0.151 e. The first-order valence-electron chi connectivity index (χ1n) is 5.40. The van der Waals surface area contributed by atoms with Crippen LogP contribution in [0.2, 0.25) is 5.02 Å². The zero-order valence-electron chi connectivity index (χ0n) is 9.32. The minimum Gasteiger partial charge on any atom is -0.396 e. The van der Waals surface area contributed by atoms with Gasteiger partial charge in [-0.1, -0.05) is 11.6 Å². The summed E-state index contributed by atoms with van der Waals surface area (Å²) in [5.41, 5.74) is 6.47. The van der Waals surface area contributed by atoms with Crippen molar-refractivity contribution < 1.29 is 4.74 Å². The normalized spacial score (nSPS) is 20.0. The van der Waals surface area contributed by atoms with E-state index in [2.05, 4.69) is 4.98 Å². The number of hydrogen-bond acceptors (Lipinski definition) is 4. The van der Waals surface area contributed by atoms with Crippen molar-refractivity contribution in [3.05, 3.63) is 17.3 Å². The summed E-state index contributed by atoms with van der Waals surface area (Å²) in [5, 5.41) is 0.562. The van der Waals surface area contributed by atoms with Crippen LogP contribution in [-0.2, 0) is 4.74 Å². The molecule has 1 saturated heterocycles. The van der Waals surface area contributed by atoms with Crippen LogP contribution in [-0.4, -0.2) is 31.3 Å². The van der Waals surface area contributed by atoms with Gasteiger partial charge in [0.2, 0.25) is 0 Å². The molecular weight excluding hydrogens is 226 g/mol. The standard InChI is InChI=1S/C11H16ClN3O/c1-15(7-9-3-2-4-16-9)11-10(13)5-8(12)6-14-11/h5-6,9H,2-4,7,13H2,1H3. The Morgan fingerprint density at radius 3 is 3.12 bits per heavy atom. The summed E-state index contributed by atoms with van der Waals surface area (Å²) in [6.07, 6.45) is 4.15. The Morgan fingerprint density at radius 1 is 1.69 bits per heavy atom. The summed E-state index contributed by atoms with van der Waals surface area (Å²) in [6.45, 7) is 1.68. The van der Waals surface area contributed by atoms with Crippen molar-refractivity contribution >= 4 is 23.1 Å². The zero-order chi connectivity index (χ0) is 11.5. The predicted octanol–water partition coefficient (Wildman–Crippen LogP) is 1.93. The molecule has 1 aliphatic rings. The number of anilines is 2. The second-order valence-corrected chi connectivity index (χ2v) is 4.52. The summed E-state index contributed by atoms with van der Waals surface area (Å²) in [4.78, 5) is 6.25. The van der Waals surface area contributed by atoms with E-state index in [0.717, 1.165) is 31.8 Å². The highest BCUT2D eigenvalue weighted by Crippen LogP contribution is 2.23. The van der Waals surface area contributed by atoms with Gasteiger partial charge in [0.25, 0.3) is 0 Å². The van der Waals surface area contributed by atoms with Crippen LogP contribution in [0.4, 0.5) is 11.5 Å². The Balaban J connectivity index is 2.04. The molecule has 0 aromatic carbocycles. The molecule has 16 heavy (non-hydrogen) atoms. The van der Waals surface area contributed by atoms with Crippen molar-refractivity contribution in [2.24, 2.45) is 0 Å². The molecule has 1 fully saturated rings. The maximum Gasteiger partial charge on any atom is 0.151 e. The molecule has 2 N–H and O–H groups in total. The van der Waals surface area contributed by atoms with E-state index in [-0.39, 0.29) is 0 Å². The van der Waals surface area contributed by atoms with Crippen molar-refractivity contribution in [3.63, 3.8) is 0 Å². The van der Waals surface area contributed by atoms with Gasteiger partial charge in [0, 0.05) is 26.4 Å². The van der Waals surface area contributed by atoms with Gasteiger partial charge in [0.1, 0.15) is 0 Å². The van der Waals surface area contributed by atoms with Crippen LogP contribution in [0.15, 0.2) is 12.3 Å². The summed E-state index contributed by atoms with van der Waals surface area (Å²) in [5.74, 6) is 0.764. The Morgan fingerprint density at radius 2 is 2.50 bits per heavy atom. The van der Waals surface area contributed by atoms with Crippen LogP contribution in [0.3, 0.4) is 0 Å². The highest BCUT2D eigenvalue weighted by molar-refractivity contribution is 6.30. The molecule has 88 valence electrons. The van der Waals surface area contributed by atoms with Gasteiger partial charge in [-0.05, 0) is 18.9 Å². The van der Waals surface area contributed by atoms with E-state index in [9.17, 15) is 0 Å². The fraction of sp³-hybridized carbons (Fsp3) is 0.545. The molecule has 0 spiro atoms. The van der Waals surface area contributed by atoms with E-state index >= 15 is 0 Å². The molecule has 0 saturated carbocycles. The van der Waals surface area contributed by atoms with Crippen LogP contribution in [0.5, 0.6) is 0 Å². The minimum absolute atomic E-state index is 0.293. The Hall–Kier alpha value is -1.00. The number of ether oxygens (including phenoxy) is 1. The van der Waals surface area contributed by atoms with Crippen LogP contribution in [0, 0.1) is 0 Å². The molecule has 1 aromatic heterocycles. The number of nitrogens with two attached hydrogens (primary N) is 1. The number of halogens is 1. The van der Waals surface area contributed by atoms with Crippen LogP contribution in [0.25, 0.3) is 0 Å². The van der Waals surface area contributed by atoms with Crippen LogP contribution >= 0.6 is 11.6 Å². The molecule has 0 bridgehead atoms. The fourth-order valence-electron chi connectivity index (χ4n) is 1.95. The zero-order valence-corrected chi connectivity index (χ0v) is 10.1. The summed E-state index contributed by atoms with van der Waals surface area (Å²) in [6, 6.07) is 1.72. The first-order valence-corrected chi connectivity index (χ1v) is 5.78. The number of aromatic nitrogens is 1. The number of nitrogens with zero attached hydrogens (tertiary/aromatic N) is 2. The van der Waals surface area contributed by atoms with Crippen molar-refractivity contribution in [2.75, 3.05) is 30.8 Å². The Kier molecular flexibility index (Phi) is 3.51. The van der Waals surface area contributed by atoms with Gasteiger partial charge < -0.3 is 15.4 Å². The second-order valence-electron chi connectivity index (χ2n) is 4.08. The number of hydrogen-bond donors (Lipinski definition) is 1. The Bertz CT molecular complexity index is 366. The van der Waals surface area contributed by atoms with Crippen molar-refractivity contribution in [1.29, 1.82) is 0 Å². The van der Waals surface area contributed by atoms with Crippen LogP contribution in [0.1, 0.15) is 12.8 Å². The number of nitrogen functional groups attached to an aromatic ring is 1. The molecule has 4 nitrogen and oxygen atoms in total. The van der Waals surface area contributed by atoms with E-state index in [0.29, 0.717) is 16.8 Å². The predicted molar refractivity (Wildman–Crippen MR) is 65.9 cm³/mol. The van der Waals surface area contributed by atoms with Crippen molar-refractivity contribution in [3.8, 4) is 0 Å². The van der Waals surface area contributed by atoms with Gasteiger partial charge >= 0.3 is 0 Å². The van der Waals surface area contributed by atoms with Gasteiger partial charge in [-0.25, -0.2) is 4.98 Å². The maximum absolute atomic E-state index is 5.87. The fourth-order valence-corrected chi connectivity index (χ4v) is 2.11. The topological polar surface area (TPSA) is 51.4 Å². The van der Waals surface area contributed by atoms with Gasteiger partial charge in [-0.3, -0.25) is 0 Å². The average molecular weight is 242 g/mol. The van der Waals surface area contributed by atoms with Gasteiger partial charge in [-0.2, -0.15) is 0 Å². The van der Waals surface area contributed by atoms with Gasteiger partial charge in [-0.15, -0.1) is 0 Å². The number of likely N-dealkylation sites (N-methyl/N-ethyl adjacent to an activating group) is 1. The molecule has 1 atom stereocenters. The van der Waals surface area contributed by atoms with Crippen molar-refractivity contribution in [1.82, 2.24) is 4.98 Å². The highest BCUT2D eigenvalue weighted by Gasteiger charge is 2.19. The van der Waals surface area contributed by atoms with E-state index in [4.69, 9.17) is 22.1 Å². The minimum atomic E-state index is 0.293. The van der Waals surface area contributed by atoms with E-state index in [1.54, 1.807) is 12.3 Å². The largest absolute Gasteiger partial charge is 0.396 e. The molecule has 0 radical (unpaired) electrons. The molecule has 2 rings (SSSR count). The third kappa shape index (κ3) is 2.57. The number of pyridine rings is 1. The lowest BCUT2D eigenvalue weighted by atomic mass is 10.2. The molecule has 2 heterocycles. The van der Waals surface area contributed by atoms with E-state index in [1.807, 2.05) is 11.9 Å². The van der Waals surface area contributed by atoms with Gasteiger partial charge in [0.05, 0.1) is 16.8 Å². The van der Waals surface area contributed by atoms with Crippen molar-refractivity contribution in [2.45, 2.75) is 18.9 Å². The molecule has 0 aliphatic carbocycles. The monoisotopic (exact) mass is 241 g/mol. The van der Waals surface area contributed by atoms with E-state index in [1.165, 1.54) is 0 Å². The summed E-state index contributed by atoms with van der Waals surface area (Å²) >= 11 is 5.81. The lowest BCUT2D eigenvalue weighted by molar-refractivity contribution is 0.116. The average Bonchev–Trinajstić information content (AvgIpc) is 2.70. The SMILES string of the molecule is CN(CC1CCCO1)c1ncc(Cl)cc1N. The first-order chi connectivity index (χ1) is 7.66. The molecule has 1 aromatic rings. The molecular formula is C11H16ClN3O. The lowest BCUT2D eigenvalue weighted by Crippen LogP contribution is -2.29. The molecule has 0 amide bonds. The lowest BCUT2D eigenvalue weighted by Gasteiger charge is -2.22. The summed E-state index contributed by atoms with van der Waals surface area (Å²) in [7, 11) is 1.97. The van der Waals surface area contributed by atoms with Gasteiger partial charge in [0.15, 0.2) is 5.82 Å². The molecule has 5 heteroatoms. The quantitative estimate of drug-likeness (QED) is 0.879. The Labute approximate surface area is 100 Å². The first kappa shape index (κ1) is 11.5. The maximum atomic E-state index is 5.87. The summed E-state index contributed by atoms with van der Waals surface area (Å²) < 4.78 is 5.57. The van der Waals surface area contributed by atoms with Crippen LogP contribution < -0.4 is 10.6 Å².